The predicted octanol–water partition coefficient (Wildman–Crippen LogP) is 2.82. The SMILES string of the molecule is COc1ccc(-c2nnn(Cc3cc(=O)oc4cc(C)ccc34)n2)cc1OC. The van der Waals surface area contributed by atoms with Crippen molar-refractivity contribution in [3.05, 3.63) is 64.0 Å². The lowest BCUT2D eigenvalue weighted by Gasteiger charge is -2.07. The minimum Gasteiger partial charge on any atom is -0.493 e. The molecule has 0 unspecified atom stereocenters. The largest absolute Gasteiger partial charge is 0.493 e. The molecular formula is C20H18N4O4. The highest BCUT2D eigenvalue weighted by molar-refractivity contribution is 5.80. The molecule has 0 atom stereocenters. The molecule has 0 saturated carbocycles. The van der Waals surface area contributed by atoms with E-state index in [1.165, 1.54) is 10.9 Å². The van der Waals surface area contributed by atoms with E-state index in [2.05, 4.69) is 15.4 Å². The van der Waals surface area contributed by atoms with Crippen molar-refractivity contribution in [2.45, 2.75) is 13.5 Å². The molecule has 0 aliphatic carbocycles. The number of benzene rings is 2. The molecule has 4 rings (SSSR count). The van der Waals surface area contributed by atoms with E-state index in [-0.39, 0.29) is 0 Å². The molecule has 8 heteroatoms. The van der Waals surface area contributed by atoms with Crippen LogP contribution in [0, 0.1) is 6.92 Å². The van der Waals surface area contributed by atoms with Crippen molar-refractivity contribution in [1.82, 2.24) is 20.2 Å². The Bertz CT molecular complexity index is 1210. The molecule has 142 valence electrons. The Labute approximate surface area is 160 Å². The summed E-state index contributed by atoms with van der Waals surface area (Å²) in [5.74, 6) is 1.65. The predicted molar refractivity (Wildman–Crippen MR) is 103 cm³/mol. The summed E-state index contributed by atoms with van der Waals surface area (Å²) in [7, 11) is 3.15. The van der Waals surface area contributed by atoms with Crippen LogP contribution in [0.4, 0.5) is 0 Å². The second-order valence-electron chi connectivity index (χ2n) is 6.30. The first-order valence-corrected chi connectivity index (χ1v) is 8.61. The Hall–Kier alpha value is -3.68. The highest BCUT2D eigenvalue weighted by Crippen LogP contribution is 2.30. The van der Waals surface area contributed by atoms with Gasteiger partial charge >= 0.3 is 5.63 Å². The van der Waals surface area contributed by atoms with E-state index < -0.39 is 5.63 Å². The van der Waals surface area contributed by atoms with Crippen molar-refractivity contribution in [3.63, 3.8) is 0 Å². The van der Waals surface area contributed by atoms with Crippen LogP contribution in [0.5, 0.6) is 11.5 Å². The summed E-state index contributed by atoms with van der Waals surface area (Å²) in [5, 5.41) is 13.5. The smallest absolute Gasteiger partial charge is 0.336 e. The molecule has 0 amide bonds. The van der Waals surface area contributed by atoms with E-state index in [1.54, 1.807) is 26.4 Å². The van der Waals surface area contributed by atoms with E-state index in [1.807, 2.05) is 31.2 Å². The van der Waals surface area contributed by atoms with Gasteiger partial charge in [0.15, 0.2) is 11.5 Å². The fraction of sp³-hybridized carbons (Fsp3) is 0.200. The third-order valence-corrected chi connectivity index (χ3v) is 4.39. The summed E-state index contributed by atoms with van der Waals surface area (Å²) in [6.07, 6.45) is 0. The summed E-state index contributed by atoms with van der Waals surface area (Å²) >= 11 is 0. The zero-order valence-corrected chi connectivity index (χ0v) is 15.7. The monoisotopic (exact) mass is 378 g/mol. The molecule has 0 aliphatic rings. The van der Waals surface area contributed by atoms with Crippen LogP contribution >= 0.6 is 0 Å². The quantitative estimate of drug-likeness (QED) is 0.493. The first-order chi connectivity index (χ1) is 13.6. The third kappa shape index (κ3) is 3.32. The van der Waals surface area contributed by atoms with Gasteiger partial charge in [0.2, 0.25) is 5.82 Å². The lowest BCUT2D eigenvalue weighted by Crippen LogP contribution is -2.08. The normalized spacial score (nSPS) is 11.0. The van der Waals surface area contributed by atoms with Gasteiger partial charge < -0.3 is 13.9 Å². The number of nitrogens with zero attached hydrogens (tertiary/aromatic N) is 4. The first kappa shape index (κ1) is 17.7. The van der Waals surface area contributed by atoms with Crippen molar-refractivity contribution < 1.29 is 13.9 Å². The maximum Gasteiger partial charge on any atom is 0.336 e. The van der Waals surface area contributed by atoms with Crippen LogP contribution in [0.3, 0.4) is 0 Å². The minimum absolute atomic E-state index is 0.297. The van der Waals surface area contributed by atoms with Crippen molar-refractivity contribution in [2.24, 2.45) is 0 Å². The molecule has 0 spiro atoms. The van der Waals surface area contributed by atoms with Crippen LogP contribution < -0.4 is 15.1 Å². The van der Waals surface area contributed by atoms with Crippen LogP contribution in [-0.2, 0) is 6.54 Å². The number of rotatable bonds is 5. The lowest BCUT2D eigenvalue weighted by molar-refractivity contribution is 0.355. The topological polar surface area (TPSA) is 92.3 Å². The molecule has 0 N–H and O–H groups in total. The fourth-order valence-corrected chi connectivity index (χ4v) is 3.02. The number of hydrogen-bond donors (Lipinski definition) is 0. The second kappa shape index (κ2) is 7.15. The molecule has 0 radical (unpaired) electrons. The third-order valence-electron chi connectivity index (χ3n) is 4.39. The van der Waals surface area contributed by atoms with Crippen molar-refractivity contribution in [2.75, 3.05) is 14.2 Å². The number of ether oxygens (including phenoxy) is 2. The zero-order chi connectivity index (χ0) is 19.7. The number of tetrazole rings is 1. The number of fused-ring (bicyclic) bond motifs is 1. The molecule has 2 aromatic heterocycles. The van der Waals surface area contributed by atoms with Gasteiger partial charge in [-0.3, -0.25) is 0 Å². The Morgan fingerprint density at radius 1 is 1.04 bits per heavy atom. The Balaban J connectivity index is 1.68. The summed E-state index contributed by atoms with van der Waals surface area (Å²) in [6.45, 7) is 2.24. The van der Waals surface area contributed by atoms with E-state index in [0.29, 0.717) is 29.5 Å². The second-order valence-corrected chi connectivity index (χ2v) is 6.30. The van der Waals surface area contributed by atoms with Crippen LogP contribution in [0.25, 0.3) is 22.4 Å². The zero-order valence-electron chi connectivity index (χ0n) is 15.7. The molecule has 2 aromatic carbocycles. The Morgan fingerprint density at radius 2 is 1.86 bits per heavy atom. The molecule has 0 aliphatic heterocycles. The van der Waals surface area contributed by atoms with Crippen LogP contribution in [0.15, 0.2) is 51.7 Å². The summed E-state index contributed by atoms with van der Waals surface area (Å²) < 4.78 is 15.9. The van der Waals surface area contributed by atoms with Gasteiger partial charge in [0, 0.05) is 17.0 Å². The first-order valence-electron chi connectivity index (χ1n) is 8.61. The average molecular weight is 378 g/mol. The molecule has 0 bridgehead atoms. The molecule has 8 nitrogen and oxygen atoms in total. The van der Waals surface area contributed by atoms with Gasteiger partial charge in [0.05, 0.1) is 20.8 Å². The highest BCUT2D eigenvalue weighted by atomic mass is 16.5. The van der Waals surface area contributed by atoms with Crippen LogP contribution in [-0.4, -0.2) is 34.4 Å². The van der Waals surface area contributed by atoms with E-state index >= 15 is 0 Å². The van der Waals surface area contributed by atoms with E-state index in [0.717, 1.165) is 22.1 Å². The molecular weight excluding hydrogens is 360 g/mol. The standard InChI is InChI=1S/C20H18N4O4/c1-12-4-6-15-14(10-19(25)28-17(15)8-12)11-24-22-20(21-23-24)13-5-7-16(26-2)18(9-13)27-3/h4-10H,11H2,1-3H3. The highest BCUT2D eigenvalue weighted by Gasteiger charge is 2.12. The van der Waals surface area contributed by atoms with Crippen LogP contribution in [0.2, 0.25) is 0 Å². The minimum atomic E-state index is -0.409. The summed E-state index contributed by atoms with van der Waals surface area (Å²) in [4.78, 5) is 13.3. The molecule has 2 heterocycles. The molecule has 28 heavy (non-hydrogen) atoms. The lowest BCUT2D eigenvalue weighted by atomic mass is 10.1. The fourth-order valence-electron chi connectivity index (χ4n) is 3.02. The van der Waals surface area contributed by atoms with Gasteiger partial charge in [-0.25, -0.2) is 4.79 Å². The van der Waals surface area contributed by atoms with Gasteiger partial charge in [0.1, 0.15) is 5.58 Å². The maximum absolute atomic E-state index is 11.9. The van der Waals surface area contributed by atoms with Gasteiger partial charge in [-0.15, -0.1) is 10.2 Å². The maximum atomic E-state index is 11.9. The van der Waals surface area contributed by atoms with Gasteiger partial charge in [-0.2, -0.15) is 4.80 Å². The van der Waals surface area contributed by atoms with Crippen LogP contribution in [0.1, 0.15) is 11.1 Å². The number of aryl methyl sites for hydroxylation is 1. The van der Waals surface area contributed by atoms with Crippen molar-refractivity contribution in [1.29, 1.82) is 0 Å². The average Bonchev–Trinajstić information content (AvgIpc) is 3.15. The number of aromatic nitrogens is 4. The van der Waals surface area contributed by atoms with Crippen molar-refractivity contribution >= 4 is 11.0 Å². The van der Waals surface area contributed by atoms with Crippen molar-refractivity contribution in [3.8, 4) is 22.9 Å². The number of methoxy groups -OCH3 is 2. The summed E-state index contributed by atoms with van der Waals surface area (Å²) in [5.41, 5.74) is 2.66. The molecule has 4 aromatic rings. The van der Waals surface area contributed by atoms with Gasteiger partial charge in [0.25, 0.3) is 0 Å². The summed E-state index contributed by atoms with van der Waals surface area (Å²) in [6, 6.07) is 12.6. The Kier molecular flexibility index (Phi) is 4.52. The Morgan fingerprint density at radius 3 is 2.64 bits per heavy atom. The van der Waals surface area contributed by atoms with Gasteiger partial charge in [-0.05, 0) is 47.5 Å². The van der Waals surface area contributed by atoms with E-state index in [4.69, 9.17) is 13.9 Å². The molecule has 0 fully saturated rings. The van der Waals surface area contributed by atoms with Gasteiger partial charge in [-0.1, -0.05) is 12.1 Å². The number of hydrogen-bond acceptors (Lipinski definition) is 7. The van der Waals surface area contributed by atoms with E-state index in [9.17, 15) is 4.79 Å². The molecule has 0 saturated heterocycles.